The number of carbonyl (C=O) groups excluding carboxylic acids is 1. The van der Waals surface area contributed by atoms with E-state index in [0.29, 0.717) is 6.04 Å². The molecule has 1 aromatic heterocycles. The minimum absolute atomic E-state index is 0.0996. The van der Waals surface area contributed by atoms with Crippen LogP contribution in [-0.2, 0) is 12.2 Å². The average molecular weight is 325 g/mol. The lowest BCUT2D eigenvalue weighted by Crippen LogP contribution is -2.52. The molecule has 1 unspecified atom stereocenters. The van der Waals surface area contributed by atoms with E-state index in [1.54, 1.807) is 11.3 Å². The van der Waals surface area contributed by atoms with Crippen LogP contribution < -0.4 is 10.6 Å². The van der Waals surface area contributed by atoms with Crippen molar-refractivity contribution in [3.05, 3.63) is 21.4 Å². The van der Waals surface area contributed by atoms with Crippen molar-refractivity contribution in [1.29, 1.82) is 0 Å². The molecule has 2 aliphatic heterocycles. The molecule has 21 heavy (non-hydrogen) atoms. The molecule has 0 radical (unpaired) electrons. The maximum absolute atomic E-state index is 12.4. The van der Waals surface area contributed by atoms with Gasteiger partial charge in [0.05, 0.1) is 4.88 Å². The average Bonchev–Trinajstić information content (AvgIpc) is 2.89. The predicted molar refractivity (Wildman–Crippen MR) is 91.3 cm³/mol. The lowest BCUT2D eigenvalue weighted by molar-refractivity contribution is 0.0933. The van der Waals surface area contributed by atoms with Crippen molar-refractivity contribution in [1.82, 2.24) is 10.6 Å². The highest BCUT2D eigenvalue weighted by Gasteiger charge is 2.32. The number of piperidine rings is 1. The van der Waals surface area contributed by atoms with Crippen LogP contribution in [0.15, 0.2) is 6.07 Å². The van der Waals surface area contributed by atoms with E-state index in [0.717, 1.165) is 30.1 Å². The molecule has 3 nitrogen and oxygen atoms in total. The normalized spacial score (nSPS) is 24.4. The van der Waals surface area contributed by atoms with Crippen molar-refractivity contribution < 1.29 is 4.79 Å². The Labute approximate surface area is 135 Å². The number of nitrogens with one attached hydrogen (secondary N) is 2. The summed E-state index contributed by atoms with van der Waals surface area (Å²) < 4.78 is 0. The zero-order chi connectivity index (χ0) is 14.9. The fourth-order valence-electron chi connectivity index (χ4n) is 3.16. The van der Waals surface area contributed by atoms with E-state index in [1.165, 1.54) is 29.0 Å². The van der Waals surface area contributed by atoms with Crippen LogP contribution in [0, 0.1) is 5.41 Å². The Hall–Kier alpha value is -0.520. The summed E-state index contributed by atoms with van der Waals surface area (Å²) in [4.78, 5) is 14.7. The Kier molecular flexibility index (Phi) is 4.62. The van der Waals surface area contributed by atoms with Gasteiger partial charge in [-0.1, -0.05) is 13.8 Å². The molecule has 2 N–H and O–H groups in total. The molecule has 2 aliphatic rings. The van der Waals surface area contributed by atoms with Gasteiger partial charge in [-0.2, -0.15) is 11.8 Å². The third-order valence-corrected chi connectivity index (χ3v) is 6.89. The highest BCUT2D eigenvalue weighted by atomic mass is 32.2. The Morgan fingerprint density at radius 2 is 2.38 bits per heavy atom. The molecule has 0 bridgehead atoms. The molecule has 116 valence electrons. The number of hydrogen-bond donors (Lipinski definition) is 2. The molecule has 1 aromatic rings. The fraction of sp³-hybridized carbons (Fsp3) is 0.688. The fourth-order valence-corrected chi connectivity index (χ4v) is 5.45. The molecule has 1 saturated heterocycles. The Morgan fingerprint density at radius 3 is 3.14 bits per heavy atom. The van der Waals surface area contributed by atoms with E-state index >= 15 is 0 Å². The first kappa shape index (κ1) is 15.4. The molecule has 1 atom stereocenters. The van der Waals surface area contributed by atoms with Crippen LogP contribution in [0.4, 0.5) is 0 Å². The molecule has 3 rings (SSSR count). The third kappa shape index (κ3) is 3.46. The predicted octanol–water partition coefficient (Wildman–Crippen LogP) is 3.05. The van der Waals surface area contributed by atoms with Gasteiger partial charge in [-0.05, 0) is 48.6 Å². The SMILES string of the molecule is CC1(C)CCCNC1CNC(=O)c1cc2c(s1)CCSC2. The van der Waals surface area contributed by atoms with Gasteiger partial charge in [0.25, 0.3) is 5.91 Å². The first-order valence-corrected chi connectivity index (χ1v) is 9.74. The quantitative estimate of drug-likeness (QED) is 0.898. The lowest BCUT2D eigenvalue weighted by Gasteiger charge is -2.39. The maximum atomic E-state index is 12.4. The molecule has 1 amide bonds. The minimum atomic E-state index is 0.0996. The monoisotopic (exact) mass is 324 g/mol. The second kappa shape index (κ2) is 6.31. The molecule has 3 heterocycles. The van der Waals surface area contributed by atoms with Crippen molar-refractivity contribution in [3.8, 4) is 0 Å². The number of carbonyl (C=O) groups is 1. The highest BCUT2D eigenvalue weighted by Crippen LogP contribution is 2.32. The number of thioether (sulfide) groups is 1. The summed E-state index contributed by atoms with van der Waals surface area (Å²) in [5.41, 5.74) is 1.63. The Bertz CT molecular complexity index is 501. The number of amides is 1. The number of thiophene rings is 1. The lowest BCUT2D eigenvalue weighted by atomic mass is 9.77. The third-order valence-electron chi connectivity index (χ3n) is 4.65. The molecule has 5 heteroatoms. The number of aryl methyl sites for hydroxylation is 1. The van der Waals surface area contributed by atoms with Gasteiger partial charge in [-0.25, -0.2) is 0 Å². The number of fused-ring (bicyclic) bond motifs is 1. The first-order valence-electron chi connectivity index (χ1n) is 7.77. The zero-order valence-electron chi connectivity index (χ0n) is 12.8. The van der Waals surface area contributed by atoms with Crippen LogP contribution in [0.5, 0.6) is 0 Å². The molecular formula is C16H24N2OS2. The molecule has 0 aliphatic carbocycles. The number of rotatable bonds is 3. The minimum Gasteiger partial charge on any atom is -0.350 e. The molecule has 0 saturated carbocycles. The molecule has 0 spiro atoms. The van der Waals surface area contributed by atoms with Crippen molar-refractivity contribution in [2.45, 2.75) is 44.9 Å². The van der Waals surface area contributed by atoms with E-state index in [4.69, 9.17) is 0 Å². The Balaban J connectivity index is 1.60. The van der Waals surface area contributed by atoms with Crippen LogP contribution in [0.25, 0.3) is 0 Å². The van der Waals surface area contributed by atoms with Gasteiger partial charge in [-0.15, -0.1) is 11.3 Å². The van der Waals surface area contributed by atoms with E-state index in [1.807, 2.05) is 11.8 Å². The van der Waals surface area contributed by atoms with E-state index in [9.17, 15) is 4.79 Å². The molecule has 0 aromatic carbocycles. The van der Waals surface area contributed by atoms with Crippen molar-refractivity contribution in [2.75, 3.05) is 18.8 Å². The van der Waals surface area contributed by atoms with Gasteiger partial charge in [0.15, 0.2) is 0 Å². The van der Waals surface area contributed by atoms with E-state index in [2.05, 4.69) is 30.5 Å². The van der Waals surface area contributed by atoms with Gasteiger partial charge in [0.2, 0.25) is 0 Å². The smallest absolute Gasteiger partial charge is 0.261 e. The first-order chi connectivity index (χ1) is 10.1. The van der Waals surface area contributed by atoms with Crippen LogP contribution in [0.2, 0.25) is 0 Å². The van der Waals surface area contributed by atoms with Crippen molar-refractivity contribution >= 4 is 29.0 Å². The Morgan fingerprint density at radius 1 is 1.52 bits per heavy atom. The molecule has 1 fully saturated rings. The summed E-state index contributed by atoms with van der Waals surface area (Å²) in [6, 6.07) is 2.47. The van der Waals surface area contributed by atoms with Crippen molar-refractivity contribution in [2.24, 2.45) is 5.41 Å². The van der Waals surface area contributed by atoms with Gasteiger partial charge < -0.3 is 10.6 Å². The van der Waals surface area contributed by atoms with E-state index < -0.39 is 0 Å². The maximum Gasteiger partial charge on any atom is 0.261 e. The standard InChI is InChI=1S/C16H24N2OS2/c1-16(2)5-3-6-17-14(16)9-18-15(19)13-8-11-10-20-7-4-12(11)21-13/h8,14,17H,3-7,9-10H2,1-2H3,(H,18,19). The zero-order valence-corrected chi connectivity index (χ0v) is 14.5. The summed E-state index contributed by atoms with van der Waals surface area (Å²) >= 11 is 3.65. The van der Waals surface area contributed by atoms with Gasteiger partial charge in [0.1, 0.15) is 0 Å². The van der Waals surface area contributed by atoms with Gasteiger partial charge in [0, 0.05) is 23.2 Å². The topological polar surface area (TPSA) is 41.1 Å². The van der Waals surface area contributed by atoms with Crippen LogP contribution in [-0.4, -0.2) is 30.8 Å². The summed E-state index contributed by atoms with van der Waals surface area (Å²) in [6.45, 7) is 6.37. The molecular weight excluding hydrogens is 300 g/mol. The van der Waals surface area contributed by atoms with Gasteiger partial charge >= 0.3 is 0 Å². The second-order valence-electron chi connectivity index (χ2n) is 6.67. The largest absolute Gasteiger partial charge is 0.350 e. The summed E-state index contributed by atoms with van der Waals surface area (Å²) in [5, 5.41) is 6.69. The summed E-state index contributed by atoms with van der Waals surface area (Å²) in [7, 11) is 0. The van der Waals surface area contributed by atoms with Crippen LogP contribution >= 0.6 is 23.1 Å². The van der Waals surface area contributed by atoms with Crippen LogP contribution in [0.1, 0.15) is 46.8 Å². The summed E-state index contributed by atoms with van der Waals surface area (Å²) in [5.74, 6) is 2.35. The van der Waals surface area contributed by atoms with Crippen LogP contribution in [0.3, 0.4) is 0 Å². The number of hydrogen-bond acceptors (Lipinski definition) is 4. The second-order valence-corrected chi connectivity index (χ2v) is 8.91. The van der Waals surface area contributed by atoms with Gasteiger partial charge in [-0.3, -0.25) is 4.79 Å². The van der Waals surface area contributed by atoms with E-state index in [-0.39, 0.29) is 11.3 Å². The summed E-state index contributed by atoms with van der Waals surface area (Å²) in [6.07, 6.45) is 3.58. The van der Waals surface area contributed by atoms with Crippen molar-refractivity contribution in [3.63, 3.8) is 0 Å². The highest BCUT2D eigenvalue weighted by molar-refractivity contribution is 7.98.